The Hall–Kier alpha value is -1.60. The van der Waals surface area contributed by atoms with Gasteiger partial charge in [-0.25, -0.2) is 8.42 Å². The third-order valence-electron chi connectivity index (χ3n) is 3.57. The van der Waals surface area contributed by atoms with Gasteiger partial charge in [-0.3, -0.25) is 0 Å². The summed E-state index contributed by atoms with van der Waals surface area (Å²) in [6.45, 7) is 3.25. The first kappa shape index (κ1) is 14.3. The molecule has 1 aliphatic rings. The van der Waals surface area contributed by atoms with Crippen molar-refractivity contribution < 1.29 is 8.42 Å². The minimum atomic E-state index is -3.37. The van der Waals surface area contributed by atoms with Gasteiger partial charge >= 0.3 is 0 Å². The van der Waals surface area contributed by atoms with Crippen LogP contribution in [0.3, 0.4) is 0 Å². The molecule has 21 heavy (non-hydrogen) atoms. The fourth-order valence-electron chi connectivity index (χ4n) is 2.63. The molecular weight excluding hydrogens is 306 g/mol. The molecule has 0 atom stereocenters. The van der Waals surface area contributed by atoms with Crippen molar-refractivity contribution in [3.63, 3.8) is 0 Å². The minimum absolute atomic E-state index is 0.101. The fraction of sp³-hybridized carbons (Fsp3) is 0.357. The molecule has 0 unspecified atom stereocenters. The van der Waals surface area contributed by atoms with Gasteiger partial charge in [-0.1, -0.05) is 31.2 Å². The standard InChI is InChI=1S/C14H17N3O2S2/c1-2-7-21(18,19)12-13(15)16-20-14(12)17-8-10-5-3-4-6-11(10)9-17/h3-6H,2,7-9H2,1H3,(H2,15,16). The second-order valence-electron chi connectivity index (χ2n) is 5.15. The topological polar surface area (TPSA) is 76.3 Å². The molecule has 1 aliphatic heterocycles. The van der Waals surface area contributed by atoms with Crippen molar-refractivity contribution >= 4 is 32.2 Å². The molecule has 0 amide bonds. The average Bonchev–Trinajstić information content (AvgIpc) is 3.01. The van der Waals surface area contributed by atoms with Crippen LogP contribution in [0.25, 0.3) is 0 Å². The van der Waals surface area contributed by atoms with Gasteiger partial charge < -0.3 is 10.6 Å². The van der Waals surface area contributed by atoms with E-state index in [0.717, 1.165) is 0 Å². The van der Waals surface area contributed by atoms with Crippen LogP contribution >= 0.6 is 11.5 Å². The van der Waals surface area contributed by atoms with Gasteiger partial charge in [-0.2, -0.15) is 4.37 Å². The summed E-state index contributed by atoms with van der Waals surface area (Å²) in [5.41, 5.74) is 8.27. The summed E-state index contributed by atoms with van der Waals surface area (Å²) < 4.78 is 28.9. The molecule has 2 aromatic rings. The van der Waals surface area contributed by atoms with Crippen LogP contribution in [0.4, 0.5) is 10.8 Å². The number of nitrogens with zero attached hydrogens (tertiary/aromatic N) is 2. The second-order valence-corrected chi connectivity index (χ2v) is 7.94. The van der Waals surface area contributed by atoms with Crippen molar-refractivity contribution in [2.45, 2.75) is 31.3 Å². The highest BCUT2D eigenvalue weighted by molar-refractivity contribution is 7.91. The summed E-state index contributed by atoms with van der Waals surface area (Å²) in [6, 6.07) is 8.14. The summed E-state index contributed by atoms with van der Waals surface area (Å²) in [6.07, 6.45) is 0.567. The zero-order valence-corrected chi connectivity index (χ0v) is 13.4. The molecule has 0 aliphatic carbocycles. The van der Waals surface area contributed by atoms with E-state index in [0.29, 0.717) is 24.5 Å². The summed E-state index contributed by atoms with van der Waals surface area (Å²) in [4.78, 5) is 2.25. The first-order chi connectivity index (χ1) is 10.0. The molecule has 2 N–H and O–H groups in total. The number of aromatic nitrogens is 1. The Kier molecular flexibility index (Phi) is 3.62. The van der Waals surface area contributed by atoms with Crippen LogP contribution in [0.1, 0.15) is 24.5 Å². The van der Waals surface area contributed by atoms with Gasteiger partial charge in [0.25, 0.3) is 0 Å². The average molecular weight is 323 g/mol. The number of sulfone groups is 1. The molecule has 0 radical (unpaired) electrons. The van der Waals surface area contributed by atoms with Gasteiger partial charge in [-0.15, -0.1) is 0 Å². The smallest absolute Gasteiger partial charge is 0.185 e. The maximum atomic E-state index is 12.4. The minimum Gasteiger partial charge on any atom is -0.382 e. The molecule has 112 valence electrons. The van der Waals surface area contributed by atoms with Crippen LogP contribution in [0.2, 0.25) is 0 Å². The predicted octanol–water partition coefficient (Wildman–Crippen LogP) is 2.43. The van der Waals surface area contributed by atoms with E-state index in [2.05, 4.69) is 16.5 Å². The molecule has 0 fully saturated rings. The first-order valence-electron chi connectivity index (χ1n) is 6.82. The van der Waals surface area contributed by atoms with Gasteiger partial charge in [0.2, 0.25) is 0 Å². The van der Waals surface area contributed by atoms with Crippen LogP contribution in [0.5, 0.6) is 0 Å². The van der Waals surface area contributed by atoms with Gasteiger partial charge in [-0.05, 0) is 29.1 Å². The summed E-state index contributed by atoms with van der Waals surface area (Å²) in [7, 11) is -3.37. The Balaban J connectivity index is 1.99. The van der Waals surface area contributed by atoms with Crippen molar-refractivity contribution in [1.82, 2.24) is 4.37 Å². The third kappa shape index (κ3) is 2.51. The quantitative estimate of drug-likeness (QED) is 0.935. The lowest BCUT2D eigenvalue weighted by atomic mass is 10.1. The van der Waals surface area contributed by atoms with E-state index in [-0.39, 0.29) is 16.5 Å². The Morgan fingerprint density at radius 1 is 1.29 bits per heavy atom. The summed E-state index contributed by atoms with van der Waals surface area (Å²) >= 11 is 1.17. The zero-order valence-electron chi connectivity index (χ0n) is 11.7. The molecular formula is C14H17N3O2S2. The lowest BCUT2D eigenvalue weighted by Gasteiger charge is -2.17. The van der Waals surface area contributed by atoms with Crippen molar-refractivity contribution in [3.8, 4) is 0 Å². The molecule has 0 saturated carbocycles. The molecule has 1 aromatic heterocycles. The molecule has 3 rings (SSSR count). The number of hydrogen-bond acceptors (Lipinski definition) is 6. The highest BCUT2D eigenvalue weighted by Crippen LogP contribution is 2.39. The van der Waals surface area contributed by atoms with E-state index in [1.807, 2.05) is 24.0 Å². The number of benzene rings is 1. The van der Waals surface area contributed by atoms with Crippen molar-refractivity contribution in [1.29, 1.82) is 0 Å². The molecule has 0 saturated heterocycles. The van der Waals surface area contributed by atoms with E-state index in [9.17, 15) is 8.42 Å². The number of nitrogen functional groups attached to an aromatic ring is 1. The van der Waals surface area contributed by atoms with Crippen molar-refractivity contribution in [2.24, 2.45) is 0 Å². The molecule has 5 nitrogen and oxygen atoms in total. The monoisotopic (exact) mass is 323 g/mol. The lowest BCUT2D eigenvalue weighted by molar-refractivity contribution is 0.595. The van der Waals surface area contributed by atoms with Crippen LogP contribution < -0.4 is 10.6 Å². The van der Waals surface area contributed by atoms with E-state index in [1.165, 1.54) is 22.7 Å². The number of nitrogens with two attached hydrogens (primary N) is 1. The fourth-order valence-corrected chi connectivity index (χ4v) is 5.39. The number of anilines is 2. The maximum absolute atomic E-state index is 12.4. The molecule has 1 aromatic carbocycles. The molecule has 2 heterocycles. The second kappa shape index (κ2) is 5.31. The van der Waals surface area contributed by atoms with E-state index in [4.69, 9.17) is 5.73 Å². The van der Waals surface area contributed by atoms with Gasteiger partial charge in [0.1, 0.15) is 9.90 Å². The van der Waals surface area contributed by atoms with Gasteiger partial charge in [0.15, 0.2) is 15.7 Å². The first-order valence-corrected chi connectivity index (χ1v) is 9.25. The zero-order chi connectivity index (χ0) is 15.0. The molecule has 7 heteroatoms. The Bertz CT molecular complexity index is 743. The van der Waals surface area contributed by atoms with E-state index in [1.54, 1.807) is 0 Å². The molecule has 0 bridgehead atoms. The van der Waals surface area contributed by atoms with E-state index < -0.39 is 9.84 Å². The third-order valence-corrected chi connectivity index (χ3v) is 6.59. The van der Waals surface area contributed by atoms with Gasteiger partial charge in [0, 0.05) is 13.1 Å². The summed E-state index contributed by atoms with van der Waals surface area (Å²) in [5, 5.41) is 0.664. The number of rotatable bonds is 4. The van der Waals surface area contributed by atoms with Crippen LogP contribution in [-0.4, -0.2) is 18.5 Å². The van der Waals surface area contributed by atoms with Crippen LogP contribution in [0, 0.1) is 0 Å². The number of fused-ring (bicyclic) bond motifs is 1. The highest BCUT2D eigenvalue weighted by atomic mass is 32.2. The van der Waals surface area contributed by atoms with Crippen LogP contribution in [-0.2, 0) is 22.9 Å². The van der Waals surface area contributed by atoms with Crippen LogP contribution in [0.15, 0.2) is 29.2 Å². The lowest BCUT2D eigenvalue weighted by Crippen LogP contribution is -2.17. The Labute approximate surface area is 128 Å². The predicted molar refractivity (Wildman–Crippen MR) is 85.2 cm³/mol. The van der Waals surface area contributed by atoms with Gasteiger partial charge in [0.05, 0.1) is 5.75 Å². The van der Waals surface area contributed by atoms with E-state index >= 15 is 0 Å². The van der Waals surface area contributed by atoms with Crippen molar-refractivity contribution in [3.05, 3.63) is 35.4 Å². The Morgan fingerprint density at radius 3 is 2.48 bits per heavy atom. The highest BCUT2D eigenvalue weighted by Gasteiger charge is 2.30. The maximum Gasteiger partial charge on any atom is 0.185 e. The molecule has 0 spiro atoms. The normalized spacial score (nSPS) is 14.4. The Morgan fingerprint density at radius 2 is 1.90 bits per heavy atom. The SMILES string of the molecule is CCCS(=O)(=O)c1c(N)nsc1N1Cc2ccccc2C1. The summed E-state index contributed by atoms with van der Waals surface area (Å²) in [5.74, 6) is 0.225. The largest absolute Gasteiger partial charge is 0.382 e. The number of hydrogen-bond donors (Lipinski definition) is 1. The van der Waals surface area contributed by atoms with Crippen molar-refractivity contribution in [2.75, 3.05) is 16.4 Å².